The molecule has 0 amide bonds. The molecule has 2 nitrogen and oxygen atoms in total. The van der Waals surface area contributed by atoms with E-state index >= 15 is 0 Å². The molecule has 0 atom stereocenters. The van der Waals surface area contributed by atoms with Crippen molar-refractivity contribution in [3.63, 3.8) is 0 Å². The molecule has 0 aliphatic heterocycles. The zero-order valence-corrected chi connectivity index (χ0v) is 13.8. The molecule has 1 N–H and O–H groups in total. The van der Waals surface area contributed by atoms with Gasteiger partial charge in [0.15, 0.2) is 0 Å². The lowest BCUT2D eigenvalue weighted by molar-refractivity contribution is 0.302. The topological polar surface area (TPSA) is 21.3 Å². The van der Waals surface area contributed by atoms with Gasteiger partial charge in [-0.3, -0.25) is 0 Å². The van der Waals surface area contributed by atoms with E-state index in [1.165, 1.54) is 0 Å². The lowest BCUT2D eigenvalue weighted by Crippen LogP contribution is -2.13. The van der Waals surface area contributed by atoms with Gasteiger partial charge in [-0.25, -0.2) is 0 Å². The minimum Gasteiger partial charge on any atom is -0.488 e. The molecule has 0 aromatic heterocycles. The number of rotatable bonds is 6. The zero-order chi connectivity index (χ0) is 15.2. The smallest absolute Gasteiger partial charge is 0.125 e. The van der Waals surface area contributed by atoms with Crippen molar-refractivity contribution >= 4 is 23.2 Å². The van der Waals surface area contributed by atoms with Crippen LogP contribution in [0.1, 0.15) is 23.6 Å². The summed E-state index contributed by atoms with van der Waals surface area (Å²) in [6, 6.07) is 11.7. The van der Waals surface area contributed by atoms with Crippen LogP contribution >= 0.6 is 23.2 Å². The molecule has 2 rings (SSSR count). The Kier molecular flexibility index (Phi) is 5.92. The number of hydrogen-bond donors (Lipinski definition) is 1. The number of nitrogens with one attached hydrogen (secondary N) is 1. The van der Waals surface area contributed by atoms with Gasteiger partial charge in [0.1, 0.15) is 12.4 Å². The molecule has 2 aromatic carbocycles. The SMILES string of the molecule is CCNCc1c(Cl)cccc1OCc1ccc(C)cc1Cl. The monoisotopic (exact) mass is 323 g/mol. The van der Waals surface area contributed by atoms with Crippen LogP contribution in [-0.2, 0) is 13.2 Å². The maximum atomic E-state index is 6.25. The molecule has 0 aliphatic rings. The Hall–Kier alpha value is -1.22. The highest BCUT2D eigenvalue weighted by Crippen LogP contribution is 2.28. The molecular formula is C17H19Cl2NO. The van der Waals surface area contributed by atoms with Gasteiger partial charge in [-0.1, -0.05) is 48.3 Å². The van der Waals surface area contributed by atoms with Crippen molar-refractivity contribution in [3.8, 4) is 5.75 Å². The molecule has 0 radical (unpaired) electrons. The molecule has 0 saturated heterocycles. The van der Waals surface area contributed by atoms with Gasteiger partial charge in [0, 0.05) is 27.7 Å². The summed E-state index contributed by atoms with van der Waals surface area (Å²) < 4.78 is 5.91. The summed E-state index contributed by atoms with van der Waals surface area (Å²) in [7, 11) is 0. The van der Waals surface area contributed by atoms with Crippen molar-refractivity contribution in [3.05, 3.63) is 63.1 Å². The second-order valence-corrected chi connectivity index (χ2v) is 5.69. The van der Waals surface area contributed by atoms with Gasteiger partial charge in [0.2, 0.25) is 0 Å². The fourth-order valence-corrected chi connectivity index (χ4v) is 2.54. The largest absolute Gasteiger partial charge is 0.488 e. The van der Waals surface area contributed by atoms with Crippen LogP contribution < -0.4 is 10.1 Å². The molecule has 0 bridgehead atoms. The van der Waals surface area contributed by atoms with Crippen molar-refractivity contribution in [2.75, 3.05) is 6.54 Å². The highest BCUT2D eigenvalue weighted by Gasteiger charge is 2.09. The molecule has 0 heterocycles. The van der Waals surface area contributed by atoms with Gasteiger partial charge in [-0.05, 0) is 37.2 Å². The van der Waals surface area contributed by atoms with E-state index in [2.05, 4.69) is 12.2 Å². The van der Waals surface area contributed by atoms with Crippen molar-refractivity contribution in [2.45, 2.75) is 27.0 Å². The third-order valence-corrected chi connectivity index (χ3v) is 3.93. The van der Waals surface area contributed by atoms with E-state index in [0.29, 0.717) is 18.2 Å². The molecule has 112 valence electrons. The van der Waals surface area contributed by atoms with Crippen molar-refractivity contribution in [1.82, 2.24) is 5.32 Å². The van der Waals surface area contributed by atoms with E-state index in [9.17, 15) is 0 Å². The Bertz CT molecular complexity index is 614. The second-order valence-electron chi connectivity index (χ2n) is 4.88. The lowest BCUT2D eigenvalue weighted by atomic mass is 10.1. The summed E-state index contributed by atoms with van der Waals surface area (Å²) in [6.45, 7) is 6.08. The van der Waals surface area contributed by atoms with Crippen LogP contribution in [0.3, 0.4) is 0 Å². The van der Waals surface area contributed by atoms with Gasteiger partial charge in [0.25, 0.3) is 0 Å². The van der Waals surface area contributed by atoms with Crippen molar-refractivity contribution in [2.24, 2.45) is 0 Å². The average molecular weight is 324 g/mol. The first-order valence-electron chi connectivity index (χ1n) is 6.97. The van der Waals surface area contributed by atoms with Gasteiger partial charge in [0.05, 0.1) is 0 Å². The third-order valence-electron chi connectivity index (χ3n) is 3.22. The summed E-state index contributed by atoms with van der Waals surface area (Å²) in [4.78, 5) is 0. The fraction of sp³-hybridized carbons (Fsp3) is 0.294. The molecule has 0 aliphatic carbocycles. The molecule has 0 unspecified atom stereocenters. The van der Waals surface area contributed by atoms with Gasteiger partial charge >= 0.3 is 0 Å². The van der Waals surface area contributed by atoms with Gasteiger partial charge < -0.3 is 10.1 Å². The first-order valence-corrected chi connectivity index (χ1v) is 7.73. The van der Waals surface area contributed by atoms with E-state index < -0.39 is 0 Å². The first kappa shape index (κ1) is 16.2. The van der Waals surface area contributed by atoms with Gasteiger partial charge in [-0.2, -0.15) is 0 Å². The molecule has 0 saturated carbocycles. The number of halogens is 2. The Balaban J connectivity index is 2.14. The van der Waals surface area contributed by atoms with Crippen LogP contribution in [-0.4, -0.2) is 6.54 Å². The van der Waals surface area contributed by atoms with E-state index in [0.717, 1.165) is 34.0 Å². The molecular weight excluding hydrogens is 305 g/mol. The fourth-order valence-electron chi connectivity index (χ4n) is 2.02. The lowest BCUT2D eigenvalue weighted by Gasteiger charge is -2.14. The second kappa shape index (κ2) is 7.69. The van der Waals surface area contributed by atoms with Crippen molar-refractivity contribution in [1.29, 1.82) is 0 Å². The van der Waals surface area contributed by atoms with Crippen LogP contribution in [0.4, 0.5) is 0 Å². The maximum Gasteiger partial charge on any atom is 0.125 e. The summed E-state index contributed by atoms with van der Waals surface area (Å²) in [5.74, 6) is 0.792. The van der Waals surface area contributed by atoms with Crippen LogP contribution in [0.15, 0.2) is 36.4 Å². The van der Waals surface area contributed by atoms with Gasteiger partial charge in [-0.15, -0.1) is 0 Å². The Morgan fingerprint density at radius 1 is 1.10 bits per heavy atom. The van der Waals surface area contributed by atoms with E-state index in [-0.39, 0.29) is 0 Å². The summed E-state index contributed by atoms with van der Waals surface area (Å²) >= 11 is 12.5. The number of ether oxygens (including phenoxy) is 1. The number of aryl methyl sites for hydroxylation is 1. The average Bonchev–Trinajstić information content (AvgIpc) is 2.45. The van der Waals surface area contributed by atoms with E-state index in [1.54, 1.807) is 0 Å². The number of benzene rings is 2. The van der Waals surface area contributed by atoms with Crippen LogP contribution in [0.2, 0.25) is 10.0 Å². The predicted molar refractivity (Wildman–Crippen MR) is 89.4 cm³/mol. The summed E-state index contributed by atoms with van der Waals surface area (Å²) in [5.41, 5.74) is 3.08. The highest BCUT2D eigenvalue weighted by molar-refractivity contribution is 6.31. The minimum atomic E-state index is 0.429. The van der Waals surface area contributed by atoms with E-state index in [1.807, 2.05) is 43.3 Å². The molecule has 4 heteroatoms. The minimum absolute atomic E-state index is 0.429. The van der Waals surface area contributed by atoms with Crippen molar-refractivity contribution < 1.29 is 4.74 Å². The molecule has 0 spiro atoms. The maximum absolute atomic E-state index is 6.25. The Labute approximate surface area is 136 Å². The summed E-state index contributed by atoms with van der Waals surface area (Å²) in [5, 5.41) is 4.71. The standard InChI is InChI=1S/C17H19Cl2NO/c1-3-20-10-14-15(18)5-4-6-17(14)21-11-13-8-7-12(2)9-16(13)19/h4-9,20H,3,10-11H2,1-2H3. The first-order chi connectivity index (χ1) is 10.1. The normalized spacial score (nSPS) is 10.7. The van der Waals surface area contributed by atoms with E-state index in [4.69, 9.17) is 27.9 Å². The third kappa shape index (κ3) is 4.37. The molecule has 2 aromatic rings. The Morgan fingerprint density at radius 2 is 1.90 bits per heavy atom. The Morgan fingerprint density at radius 3 is 2.62 bits per heavy atom. The highest BCUT2D eigenvalue weighted by atomic mass is 35.5. The van der Waals surface area contributed by atoms with Crippen LogP contribution in [0, 0.1) is 6.92 Å². The predicted octanol–water partition coefficient (Wildman–Crippen LogP) is 4.99. The molecule has 0 fully saturated rings. The quantitative estimate of drug-likeness (QED) is 0.808. The molecule has 21 heavy (non-hydrogen) atoms. The van der Waals surface area contributed by atoms with Crippen LogP contribution in [0.5, 0.6) is 5.75 Å². The summed E-state index contributed by atoms with van der Waals surface area (Å²) in [6.07, 6.45) is 0. The number of hydrogen-bond acceptors (Lipinski definition) is 2. The van der Waals surface area contributed by atoms with Crippen LogP contribution in [0.25, 0.3) is 0 Å². The zero-order valence-electron chi connectivity index (χ0n) is 12.2.